The van der Waals surface area contributed by atoms with Gasteiger partial charge in [-0.3, -0.25) is 9.78 Å². The molecule has 0 saturated heterocycles. The van der Waals surface area contributed by atoms with E-state index in [2.05, 4.69) is 23.5 Å². The summed E-state index contributed by atoms with van der Waals surface area (Å²) < 4.78 is 19.9. The van der Waals surface area contributed by atoms with E-state index in [1.165, 1.54) is 0 Å². The number of aromatic nitrogens is 1. The van der Waals surface area contributed by atoms with Gasteiger partial charge >= 0.3 is 0 Å². The molecule has 28 heavy (non-hydrogen) atoms. The third-order valence-corrected chi connectivity index (χ3v) is 4.96. The van der Waals surface area contributed by atoms with Crippen molar-refractivity contribution < 1.29 is 13.9 Å². The summed E-state index contributed by atoms with van der Waals surface area (Å²) in [7, 11) is 4.29. The number of alkyl halides is 1. The van der Waals surface area contributed by atoms with Crippen molar-refractivity contribution in [2.24, 2.45) is 5.73 Å². The van der Waals surface area contributed by atoms with E-state index < -0.39 is 11.1 Å². The van der Waals surface area contributed by atoms with E-state index in [-0.39, 0.29) is 0 Å². The number of nitrogens with zero attached hydrogens (tertiary/aromatic N) is 1. The van der Waals surface area contributed by atoms with Gasteiger partial charge in [-0.1, -0.05) is 36.7 Å². The van der Waals surface area contributed by atoms with Crippen LogP contribution < -0.4 is 10.5 Å². The van der Waals surface area contributed by atoms with Crippen molar-refractivity contribution in [2.45, 2.75) is 18.7 Å². The van der Waals surface area contributed by atoms with Crippen molar-refractivity contribution in [3.8, 4) is 17.0 Å². The number of rotatable bonds is 6. The number of primary amides is 1. The highest BCUT2D eigenvalue weighted by Crippen LogP contribution is 2.41. The number of hydrogen-bond acceptors (Lipinski definition) is 3. The lowest BCUT2D eigenvalue weighted by Crippen LogP contribution is -2.12. The second-order valence-corrected chi connectivity index (χ2v) is 8.87. The number of benzene rings is 2. The number of ether oxygens (including phenoxy) is 1. The molecule has 2 N–H and O–H groups in total. The molecule has 0 bridgehead atoms. The van der Waals surface area contributed by atoms with Crippen LogP contribution in [0.2, 0.25) is 0 Å². The van der Waals surface area contributed by atoms with E-state index >= 15 is 0 Å². The quantitative estimate of drug-likeness (QED) is 0.602. The van der Waals surface area contributed by atoms with Gasteiger partial charge < -0.3 is 10.5 Å². The van der Waals surface area contributed by atoms with Crippen LogP contribution in [0.5, 0.6) is 5.75 Å². The van der Waals surface area contributed by atoms with Crippen molar-refractivity contribution in [1.82, 2.24) is 4.98 Å². The van der Waals surface area contributed by atoms with Gasteiger partial charge in [-0.05, 0) is 60.0 Å². The number of hydrogen-bond donors (Lipinski definition) is 1. The van der Waals surface area contributed by atoms with Crippen molar-refractivity contribution in [2.75, 3.05) is 0 Å². The number of carbonyl (C=O) groups excluding carboxylic acids is 1. The van der Waals surface area contributed by atoms with E-state index in [9.17, 15) is 9.18 Å². The maximum absolute atomic E-state index is 14.0. The van der Waals surface area contributed by atoms with Gasteiger partial charge in [0, 0.05) is 17.3 Å². The Morgan fingerprint density at radius 1 is 1.18 bits per heavy atom. The van der Waals surface area contributed by atoms with Gasteiger partial charge in [0.1, 0.15) is 12.4 Å². The number of amides is 1. The van der Waals surface area contributed by atoms with Crippen LogP contribution in [0.1, 0.15) is 27.0 Å². The second kappa shape index (κ2) is 8.34. The molecule has 0 aliphatic rings. The fourth-order valence-corrected chi connectivity index (χ4v) is 3.17. The molecule has 4 nitrogen and oxygen atoms in total. The van der Waals surface area contributed by atoms with Gasteiger partial charge in [0.05, 0.1) is 5.69 Å². The third kappa shape index (κ3) is 4.92. The fourth-order valence-electron chi connectivity index (χ4n) is 2.81. The molecule has 0 spiro atoms. The van der Waals surface area contributed by atoms with Crippen LogP contribution in [0.15, 0.2) is 60.8 Å². The zero-order valence-corrected chi connectivity index (χ0v) is 17.7. The number of aryl methyl sites for hydroxylation is 1. The van der Waals surface area contributed by atoms with Gasteiger partial charge in [0.15, 0.2) is 5.15 Å². The molecule has 144 valence electrons. The molecule has 3 aromatic rings. The Morgan fingerprint density at radius 3 is 2.64 bits per heavy atom. The van der Waals surface area contributed by atoms with Gasteiger partial charge in [0.2, 0.25) is 5.91 Å². The molecule has 3 rings (SSSR count). The third-order valence-electron chi connectivity index (χ3n) is 4.29. The molecule has 0 radical (unpaired) electrons. The van der Waals surface area contributed by atoms with E-state index in [4.69, 9.17) is 10.5 Å². The fraction of sp³-hybridized carbons (Fsp3) is 0.143. The summed E-state index contributed by atoms with van der Waals surface area (Å²) in [4.78, 5) is 15.8. The Morgan fingerprint density at radius 2 is 1.96 bits per heavy atom. The largest absolute Gasteiger partial charge is 0.489 e. The standard InChI is InChI=1S/C21H21FN2O2P2/c1-13-9-15(5-6-18(13)20(23)25)19-10-14(7-8-24-19)12-26-17-4-2-3-16(11-17)21(22,27)28/h2-11H,12,27-28H2,1H3,(H2,23,25). The maximum atomic E-state index is 14.0. The first-order valence-electron chi connectivity index (χ1n) is 8.60. The Kier molecular flexibility index (Phi) is 6.07. The minimum absolute atomic E-state index is 0.324. The Balaban J connectivity index is 1.77. The van der Waals surface area contributed by atoms with Crippen molar-refractivity contribution in [3.63, 3.8) is 0 Å². The first-order valence-corrected chi connectivity index (χ1v) is 9.75. The molecule has 2 unspecified atom stereocenters. The van der Waals surface area contributed by atoms with Crippen molar-refractivity contribution in [1.29, 1.82) is 0 Å². The highest BCUT2D eigenvalue weighted by atomic mass is 31.1. The van der Waals surface area contributed by atoms with Crippen LogP contribution in [0.25, 0.3) is 11.3 Å². The molecule has 1 heterocycles. The number of nitrogens with two attached hydrogens (primary N) is 1. The van der Waals surface area contributed by atoms with Gasteiger partial charge in [0.25, 0.3) is 0 Å². The van der Waals surface area contributed by atoms with Crippen LogP contribution >= 0.6 is 18.5 Å². The normalized spacial score (nSPS) is 11.3. The summed E-state index contributed by atoms with van der Waals surface area (Å²) in [6, 6.07) is 16.1. The SMILES string of the molecule is Cc1cc(-c2cc(COc3cccc(C(F)(P)P)c3)ccn2)ccc1C(N)=O. The molecule has 0 aliphatic heterocycles. The summed E-state index contributed by atoms with van der Waals surface area (Å²) >= 11 is 0. The maximum Gasteiger partial charge on any atom is 0.248 e. The van der Waals surface area contributed by atoms with Crippen LogP contribution in [-0.2, 0) is 11.8 Å². The van der Waals surface area contributed by atoms with Gasteiger partial charge in [-0.2, -0.15) is 0 Å². The predicted molar refractivity (Wildman–Crippen MR) is 116 cm³/mol. The zero-order chi connectivity index (χ0) is 20.3. The highest BCUT2D eigenvalue weighted by molar-refractivity contribution is 7.38. The predicted octanol–water partition coefficient (Wildman–Crippen LogP) is 4.56. The molecule has 2 atom stereocenters. The van der Waals surface area contributed by atoms with Crippen molar-refractivity contribution >= 4 is 24.4 Å². The highest BCUT2D eigenvalue weighted by Gasteiger charge is 2.19. The Bertz CT molecular complexity index is 1020. The zero-order valence-electron chi connectivity index (χ0n) is 15.4. The number of halogens is 1. The molecule has 0 aliphatic carbocycles. The lowest BCUT2D eigenvalue weighted by molar-refractivity contribution is 0.0999. The molecule has 1 amide bonds. The summed E-state index contributed by atoms with van der Waals surface area (Å²) in [6.45, 7) is 2.16. The molecular weight excluding hydrogens is 393 g/mol. The minimum Gasteiger partial charge on any atom is -0.489 e. The monoisotopic (exact) mass is 414 g/mol. The van der Waals surface area contributed by atoms with Crippen LogP contribution in [0.4, 0.5) is 4.39 Å². The molecule has 0 fully saturated rings. The van der Waals surface area contributed by atoms with Crippen LogP contribution in [0.3, 0.4) is 0 Å². The molecule has 2 aromatic carbocycles. The number of carbonyl (C=O) groups is 1. The average Bonchev–Trinajstić information content (AvgIpc) is 2.66. The van der Waals surface area contributed by atoms with Crippen LogP contribution in [0, 0.1) is 6.92 Å². The Hall–Kier alpha value is -2.35. The summed E-state index contributed by atoms with van der Waals surface area (Å²) in [5, 5.41) is -1.59. The Labute approximate surface area is 168 Å². The first-order chi connectivity index (χ1) is 13.2. The smallest absolute Gasteiger partial charge is 0.248 e. The molecular formula is C21H21FN2O2P2. The van der Waals surface area contributed by atoms with E-state index in [1.54, 1.807) is 36.5 Å². The number of pyridine rings is 1. The topological polar surface area (TPSA) is 65.2 Å². The van der Waals surface area contributed by atoms with E-state index in [0.717, 1.165) is 22.4 Å². The van der Waals surface area contributed by atoms with Gasteiger partial charge in [-0.25, -0.2) is 4.39 Å². The van der Waals surface area contributed by atoms with Crippen molar-refractivity contribution in [3.05, 3.63) is 83.0 Å². The van der Waals surface area contributed by atoms with E-state index in [0.29, 0.717) is 23.5 Å². The second-order valence-electron chi connectivity index (χ2n) is 6.53. The summed E-state index contributed by atoms with van der Waals surface area (Å²) in [5.41, 5.74) is 9.74. The van der Waals surface area contributed by atoms with E-state index in [1.807, 2.05) is 31.2 Å². The lowest BCUT2D eigenvalue weighted by Gasteiger charge is -2.15. The lowest BCUT2D eigenvalue weighted by atomic mass is 10.0. The average molecular weight is 414 g/mol. The summed E-state index contributed by atoms with van der Waals surface area (Å²) in [5.74, 6) is 0.138. The molecule has 0 saturated carbocycles. The minimum atomic E-state index is -1.59. The first kappa shape index (κ1) is 20.4. The van der Waals surface area contributed by atoms with Crippen LogP contribution in [-0.4, -0.2) is 10.9 Å². The molecule has 7 heteroatoms. The summed E-state index contributed by atoms with van der Waals surface area (Å²) in [6.07, 6.45) is 1.71. The van der Waals surface area contributed by atoms with Gasteiger partial charge in [-0.15, -0.1) is 0 Å². The molecule has 1 aromatic heterocycles.